The zero-order chi connectivity index (χ0) is 20.6. The molecule has 1 heterocycles. The summed E-state index contributed by atoms with van der Waals surface area (Å²) in [5.74, 6) is 0.725. The molecule has 2 aliphatic rings. The summed E-state index contributed by atoms with van der Waals surface area (Å²) in [6.45, 7) is 9.25. The standard InChI is InChI=1S/C26H34N2O/c1-18(21-12-6-5-7-13-21)28-19(2)26(3,4)23-15-14-22(17-24(23)28)27-25(29)16-20-10-8-9-11-20/h5-7,12-15,17-20H,8-11,16H2,1-4H3,(H,27,29). The highest BCUT2D eigenvalue weighted by Gasteiger charge is 2.43. The van der Waals surface area contributed by atoms with Gasteiger partial charge in [0.1, 0.15) is 0 Å². The molecule has 0 spiro atoms. The average Bonchev–Trinajstić information content (AvgIpc) is 3.27. The van der Waals surface area contributed by atoms with Gasteiger partial charge in [-0.25, -0.2) is 0 Å². The lowest BCUT2D eigenvalue weighted by molar-refractivity contribution is -0.117. The molecule has 1 saturated carbocycles. The summed E-state index contributed by atoms with van der Waals surface area (Å²) in [6.07, 6.45) is 5.60. The van der Waals surface area contributed by atoms with Gasteiger partial charge in [0.15, 0.2) is 0 Å². The van der Waals surface area contributed by atoms with Crippen LogP contribution in [0.2, 0.25) is 0 Å². The summed E-state index contributed by atoms with van der Waals surface area (Å²) in [4.78, 5) is 15.1. The molecule has 0 radical (unpaired) electrons. The van der Waals surface area contributed by atoms with Gasteiger partial charge in [-0.15, -0.1) is 0 Å². The molecular formula is C26H34N2O. The first-order chi connectivity index (χ1) is 13.9. The third-order valence-corrected chi connectivity index (χ3v) is 7.36. The Morgan fingerprint density at radius 1 is 1.14 bits per heavy atom. The van der Waals surface area contributed by atoms with Gasteiger partial charge >= 0.3 is 0 Å². The summed E-state index contributed by atoms with van der Waals surface area (Å²) in [7, 11) is 0. The number of nitrogens with zero attached hydrogens (tertiary/aromatic N) is 1. The van der Waals surface area contributed by atoms with Gasteiger partial charge in [0.2, 0.25) is 5.91 Å². The Balaban J connectivity index is 1.60. The van der Waals surface area contributed by atoms with E-state index < -0.39 is 0 Å². The minimum absolute atomic E-state index is 0.0603. The van der Waals surface area contributed by atoms with Crippen LogP contribution in [-0.2, 0) is 10.2 Å². The SMILES string of the molecule is CC(c1ccccc1)N1c2cc(NC(=O)CC3CCCC3)ccc2C(C)(C)C1C. The maximum absolute atomic E-state index is 12.6. The first-order valence-electron chi connectivity index (χ1n) is 11.2. The third kappa shape index (κ3) is 3.80. The van der Waals surface area contributed by atoms with Gasteiger partial charge < -0.3 is 10.2 Å². The molecule has 0 saturated heterocycles. The quantitative estimate of drug-likeness (QED) is 0.636. The van der Waals surface area contributed by atoms with Crippen molar-refractivity contribution in [2.45, 2.75) is 77.3 Å². The Morgan fingerprint density at radius 2 is 1.83 bits per heavy atom. The summed E-state index contributed by atoms with van der Waals surface area (Å²) < 4.78 is 0. The van der Waals surface area contributed by atoms with E-state index >= 15 is 0 Å². The van der Waals surface area contributed by atoms with E-state index in [1.165, 1.54) is 42.5 Å². The number of carbonyl (C=O) groups is 1. The highest BCUT2D eigenvalue weighted by molar-refractivity contribution is 5.92. The summed E-state index contributed by atoms with van der Waals surface area (Å²) in [6, 6.07) is 17.8. The molecule has 4 rings (SSSR count). The van der Waals surface area contributed by atoms with Crippen LogP contribution in [0.1, 0.15) is 77.0 Å². The highest BCUT2D eigenvalue weighted by atomic mass is 16.1. The Kier molecular flexibility index (Phi) is 5.42. The largest absolute Gasteiger partial charge is 0.361 e. The van der Waals surface area contributed by atoms with Crippen LogP contribution < -0.4 is 10.2 Å². The number of rotatable bonds is 5. The van der Waals surface area contributed by atoms with E-state index in [4.69, 9.17) is 0 Å². The fraction of sp³-hybridized carbons (Fsp3) is 0.500. The number of benzene rings is 2. The van der Waals surface area contributed by atoms with Crippen LogP contribution >= 0.6 is 0 Å². The molecule has 2 aromatic rings. The molecular weight excluding hydrogens is 356 g/mol. The smallest absolute Gasteiger partial charge is 0.224 e. The molecule has 2 atom stereocenters. The number of nitrogens with one attached hydrogen (secondary N) is 1. The number of anilines is 2. The molecule has 0 aromatic heterocycles. The molecule has 1 N–H and O–H groups in total. The molecule has 1 amide bonds. The summed E-state index contributed by atoms with van der Waals surface area (Å²) in [5, 5.41) is 3.17. The van der Waals surface area contributed by atoms with E-state index in [2.05, 4.69) is 86.4 Å². The molecule has 1 aliphatic heterocycles. The summed E-state index contributed by atoms with van der Waals surface area (Å²) >= 11 is 0. The minimum atomic E-state index is 0.0603. The van der Waals surface area contributed by atoms with E-state index in [0.29, 0.717) is 18.4 Å². The Morgan fingerprint density at radius 3 is 2.52 bits per heavy atom. The second-order valence-electron chi connectivity index (χ2n) is 9.53. The second-order valence-corrected chi connectivity index (χ2v) is 9.53. The maximum Gasteiger partial charge on any atom is 0.224 e. The number of hydrogen-bond donors (Lipinski definition) is 1. The highest BCUT2D eigenvalue weighted by Crippen LogP contribution is 2.49. The Hall–Kier alpha value is -2.29. The third-order valence-electron chi connectivity index (χ3n) is 7.36. The predicted molar refractivity (Wildman–Crippen MR) is 121 cm³/mol. The first kappa shape index (κ1) is 20.0. The molecule has 1 fully saturated rings. The Bertz CT molecular complexity index is 868. The van der Waals surface area contributed by atoms with Gasteiger partial charge in [-0.2, -0.15) is 0 Å². The summed E-state index contributed by atoms with van der Waals surface area (Å²) in [5.41, 5.74) is 4.91. The van der Waals surface area contributed by atoms with Crippen molar-refractivity contribution in [3.05, 3.63) is 59.7 Å². The lowest BCUT2D eigenvalue weighted by atomic mass is 9.81. The second kappa shape index (κ2) is 7.85. The molecule has 1 aliphatic carbocycles. The predicted octanol–water partition coefficient (Wildman–Crippen LogP) is 6.45. The van der Waals surface area contributed by atoms with Crippen molar-refractivity contribution < 1.29 is 4.79 Å². The van der Waals surface area contributed by atoms with Crippen LogP contribution in [0.5, 0.6) is 0 Å². The van der Waals surface area contributed by atoms with Crippen LogP contribution in [0.4, 0.5) is 11.4 Å². The van der Waals surface area contributed by atoms with E-state index in [1.807, 2.05) is 0 Å². The van der Waals surface area contributed by atoms with Crippen molar-refractivity contribution in [1.29, 1.82) is 0 Å². The van der Waals surface area contributed by atoms with E-state index in [1.54, 1.807) is 0 Å². The van der Waals surface area contributed by atoms with Crippen molar-refractivity contribution in [3.8, 4) is 0 Å². The fourth-order valence-electron chi connectivity index (χ4n) is 5.27. The molecule has 29 heavy (non-hydrogen) atoms. The first-order valence-corrected chi connectivity index (χ1v) is 11.2. The van der Waals surface area contributed by atoms with Gasteiger partial charge in [-0.3, -0.25) is 4.79 Å². The monoisotopic (exact) mass is 390 g/mol. The molecule has 3 heteroatoms. The van der Waals surface area contributed by atoms with Gasteiger partial charge in [0.25, 0.3) is 0 Å². The van der Waals surface area contributed by atoms with Crippen molar-refractivity contribution in [3.63, 3.8) is 0 Å². The van der Waals surface area contributed by atoms with Gasteiger partial charge in [0, 0.05) is 29.3 Å². The van der Waals surface area contributed by atoms with Crippen LogP contribution in [0.25, 0.3) is 0 Å². The zero-order valence-corrected chi connectivity index (χ0v) is 18.2. The molecule has 154 valence electrons. The van der Waals surface area contributed by atoms with E-state index in [0.717, 1.165) is 5.69 Å². The lowest BCUT2D eigenvalue weighted by Gasteiger charge is -2.36. The van der Waals surface area contributed by atoms with Crippen molar-refractivity contribution in [2.75, 3.05) is 10.2 Å². The lowest BCUT2D eigenvalue weighted by Crippen LogP contribution is -2.40. The number of carbonyl (C=O) groups excluding carboxylic acids is 1. The Labute approximate surface area is 175 Å². The molecule has 2 aromatic carbocycles. The number of fused-ring (bicyclic) bond motifs is 1. The molecule has 2 unspecified atom stereocenters. The van der Waals surface area contributed by atoms with Crippen LogP contribution in [0.15, 0.2) is 48.5 Å². The average molecular weight is 391 g/mol. The van der Waals surface area contributed by atoms with E-state index in [-0.39, 0.29) is 17.4 Å². The molecule has 3 nitrogen and oxygen atoms in total. The van der Waals surface area contributed by atoms with Crippen LogP contribution in [0.3, 0.4) is 0 Å². The van der Waals surface area contributed by atoms with Gasteiger partial charge in [-0.05, 0) is 55.9 Å². The normalized spacial score (nSPS) is 21.8. The van der Waals surface area contributed by atoms with Crippen LogP contribution in [0, 0.1) is 5.92 Å². The fourth-order valence-corrected chi connectivity index (χ4v) is 5.27. The minimum Gasteiger partial charge on any atom is -0.361 e. The van der Waals surface area contributed by atoms with Crippen molar-refractivity contribution in [2.24, 2.45) is 5.92 Å². The maximum atomic E-state index is 12.6. The van der Waals surface area contributed by atoms with Crippen molar-refractivity contribution in [1.82, 2.24) is 0 Å². The van der Waals surface area contributed by atoms with E-state index in [9.17, 15) is 4.79 Å². The van der Waals surface area contributed by atoms with Crippen molar-refractivity contribution >= 4 is 17.3 Å². The molecule has 0 bridgehead atoms. The number of amides is 1. The topological polar surface area (TPSA) is 32.3 Å². The van der Waals surface area contributed by atoms with Gasteiger partial charge in [0.05, 0.1) is 6.04 Å². The zero-order valence-electron chi connectivity index (χ0n) is 18.2. The van der Waals surface area contributed by atoms with Gasteiger partial charge in [-0.1, -0.05) is 63.1 Å². The number of hydrogen-bond acceptors (Lipinski definition) is 2. The van der Waals surface area contributed by atoms with Crippen LogP contribution in [-0.4, -0.2) is 11.9 Å².